The number of aliphatic imine (C=N–C) groups is 1. The van der Waals surface area contributed by atoms with Crippen LogP contribution in [-0.2, 0) is 19.3 Å². The third-order valence-electron chi connectivity index (χ3n) is 2.51. The van der Waals surface area contributed by atoms with Gasteiger partial charge in [-0.25, -0.2) is 4.98 Å². The first-order chi connectivity index (χ1) is 9.99. The zero-order valence-corrected chi connectivity index (χ0v) is 11.9. The van der Waals surface area contributed by atoms with Crippen LogP contribution in [0, 0.1) is 0 Å². The van der Waals surface area contributed by atoms with Crippen molar-refractivity contribution in [3.8, 4) is 0 Å². The normalized spacial score (nSPS) is 12.5. The van der Waals surface area contributed by atoms with Crippen LogP contribution in [0.25, 0.3) is 0 Å². The number of halogens is 3. The van der Waals surface area contributed by atoms with Gasteiger partial charge in [0, 0.05) is 24.5 Å². The Morgan fingerprint density at radius 3 is 2.71 bits per heavy atom. The molecule has 0 radical (unpaired) electrons. The Labute approximate surface area is 122 Å². The van der Waals surface area contributed by atoms with Crippen LogP contribution in [0.15, 0.2) is 33.4 Å². The zero-order valence-electron chi connectivity index (χ0n) is 11.1. The lowest BCUT2D eigenvalue weighted by Crippen LogP contribution is -2.36. The summed E-state index contributed by atoms with van der Waals surface area (Å²) in [6.45, 7) is 0.674. The second-order valence-corrected chi connectivity index (χ2v) is 4.98. The molecule has 2 aromatic heterocycles. The van der Waals surface area contributed by atoms with Crippen molar-refractivity contribution in [3.63, 3.8) is 0 Å². The molecule has 2 aromatic rings. The molecule has 2 N–H and O–H groups in total. The van der Waals surface area contributed by atoms with Crippen LogP contribution in [0.4, 0.5) is 13.2 Å². The fraction of sp³-hybridized carbons (Fsp3) is 0.333. The van der Waals surface area contributed by atoms with Crippen molar-refractivity contribution in [1.29, 1.82) is 0 Å². The van der Waals surface area contributed by atoms with Gasteiger partial charge in [0.2, 0.25) is 0 Å². The molecule has 0 spiro atoms. The van der Waals surface area contributed by atoms with E-state index in [2.05, 4.69) is 20.6 Å². The molecule has 0 fully saturated rings. The first-order valence-electron chi connectivity index (χ1n) is 5.96. The van der Waals surface area contributed by atoms with Gasteiger partial charge in [0.15, 0.2) is 11.7 Å². The third-order valence-corrected chi connectivity index (χ3v) is 3.36. The molecule has 0 amide bonds. The van der Waals surface area contributed by atoms with Crippen molar-refractivity contribution >= 4 is 17.3 Å². The molecular formula is C12H13F3N4OS. The number of alkyl halides is 3. The van der Waals surface area contributed by atoms with Gasteiger partial charge in [-0.15, -0.1) is 11.3 Å². The van der Waals surface area contributed by atoms with E-state index in [4.69, 9.17) is 4.42 Å². The Balaban J connectivity index is 1.84. The van der Waals surface area contributed by atoms with E-state index in [1.54, 1.807) is 25.6 Å². The average molecular weight is 318 g/mol. The smallest absolute Gasteiger partial charge is 0.434 e. The Bertz CT molecular complexity index is 592. The molecule has 2 heterocycles. The molecule has 0 aliphatic carbocycles. The summed E-state index contributed by atoms with van der Waals surface area (Å²) in [7, 11) is 1.58. The second-order valence-electron chi connectivity index (χ2n) is 4.04. The Kier molecular flexibility index (Phi) is 4.84. The summed E-state index contributed by atoms with van der Waals surface area (Å²) in [6, 6.07) is 1.80. The molecular weight excluding hydrogens is 305 g/mol. The highest BCUT2D eigenvalue weighted by molar-refractivity contribution is 7.09. The predicted octanol–water partition coefficient (Wildman–Crippen LogP) is 2.62. The highest BCUT2D eigenvalue weighted by Gasteiger charge is 2.33. The van der Waals surface area contributed by atoms with Gasteiger partial charge in [0.1, 0.15) is 5.01 Å². The maximum atomic E-state index is 12.4. The van der Waals surface area contributed by atoms with Crippen LogP contribution in [-0.4, -0.2) is 18.0 Å². The summed E-state index contributed by atoms with van der Waals surface area (Å²) in [5.74, 6) is 0.472. The summed E-state index contributed by atoms with van der Waals surface area (Å²) < 4.78 is 42.2. The fourth-order valence-corrected chi connectivity index (χ4v) is 2.22. The van der Waals surface area contributed by atoms with E-state index < -0.39 is 11.9 Å². The van der Waals surface area contributed by atoms with Gasteiger partial charge in [-0.1, -0.05) is 0 Å². The second kappa shape index (κ2) is 6.61. The fourth-order valence-electron chi connectivity index (χ4n) is 1.48. The van der Waals surface area contributed by atoms with E-state index in [0.717, 1.165) is 22.3 Å². The lowest BCUT2D eigenvalue weighted by molar-refractivity contribution is -0.140. The molecule has 2 rings (SSSR count). The Morgan fingerprint density at radius 1 is 1.38 bits per heavy atom. The largest absolute Gasteiger partial charge is 0.472 e. The van der Waals surface area contributed by atoms with Crippen LogP contribution in [0.3, 0.4) is 0 Å². The molecule has 0 atom stereocenters. The monoisotopic (exact) mass is 318 g/mol. The van der Waals surface area contributed by atoms with Gasteiger partial charge < -0.3 is 15.1 Å². The van der Waals surface area contributed by atoms with Crippen LogP contribution < -0.4 is 10.6 Å². The van der Waals surface area contributed by atoms with Gasteiger partial charge in [-0.05, 0) is 6.07 Å². The molecule has 5 nitrogen and oxygen atoms in total. The SMILES string of the molecule is CN=C(NCc1ccoc1)NCc1nc(C(F)(F)F)cs1. The minimum Gasteiger partial charge on any atom is -0.472 e. The number of hydrogen-bond acceptors (Lipinski definition) is 4. The quantitative estimate of drug-likeness (QED) is 0.672. The van der Waals surface area contributed by atoms with E-state index in [1.165, 1.54) is 0 Å². The minimum absolute atomic E-state index is 0.172. The molecule has 21 heavy (non-hydrogen) atoms. The highest BCUT2D eigenvalue weighted by atomic mass is 32.1. The average Bonchev–Trinajstić information content (AvgIpc) is 3.09. The number of rotatable bonds is 4. The minimum atomic E-state index is -4.41. The maximum absolute atomic E-state index is 12.4. The number of hydrogen-bond donors (Lipinski definition) is 2. The van der Waals surface area contributed by atoms with Crippen molar-refractivity contribution in [3.05, 3.63) is 40.2 Å². The van der Waals surface area contributed by atoms with Crippen molar-refractivity contribution < 1.29 is 17.6 Å². The van der Waals surface area contributed by atoms with Gasteiger partial charge in [-0.3, -0.25) is 4.99 Å². The van der Waals surface area contributed by atoms with Gasteiger partial charge >= 0.3 is 6.18 Å². The van der Waals surface area contributed by atoms with Crippen LogP contribution >= 0.6 is 11.3 Å². The molecule has 0 saturated carbocycles. The van der Waals surface area contributed by atoms with Crippen molar-refractivity contribution in [2.45, 2.75) is 19.3 Å². The third kappa shape index (κ3) is 4.48. The Hall–Kier alpha value is -2.03. The molecule has 0 aromatic carbocycles. The van der Waals surface area contributed by atoms with Crippen molar-refractivity contribution in [2.24, 2.45) is 4.99 Å². The van der Waals surface area contributed by atoms with Crippen molar-refractivity contribution in [2.75, 3.05) is 7.05 Å². The van der Waals surface area contributed by atoms with E-state index in [9.17, 15) is 13.2 Å². The van der Waals surface area contributed by atoms with E-state index in [1.807, 2.05) is 0 Å². The summed E-state index contributed by atoms with van der Waals surface area (Å²) in [5.41, 5.74) is 0.0669. The number of aromatic nitrogens is 1. The van der Waals surface area contributed by atoms with Crippen LogP contribution in [0.1, 0.15) is 16.3 Å². The summed E-state index contributed by atoms with van der Waals surface area (Å²) in [6.07, 6.45) is -1.26. The van der Waals surface area contributed by atoms with Gasteiger partial charge in [0.25, 0.3) is 0 Å². The molecule has 114 valence electrons. The van der Waals surface area contributed by atoms with Crippen LogP contribution in [0.2, 0.25) is 0 Å². The Morgan fingerprint density at radius 2 is 2.14 bits per heavy atom. The lowest BCUT2D eigenvalue weighted by Gasteiger charge is -2.09. The highest BCUT2D eigenvalue weighted by Crippen LogP contribution is 2.29. The van der Waals surface area contributed by atoms with Crippen LogP contribution in [0.5, 0.6) is 0 Å². The summed E-state index contributed by atoms with van der Waals surface area (Å²) in [4.78, 5) is 7.51. The van der Waals surface area contributed by atoms with E-state index in [-0.39, 0.29) is 6.54 Å². The van der Waals surface area contributed by atoms with E-state index >= 15 is 0 Å². The lowest BCUT2D eigenvalue weighted by atomic mass is 10.3. The molecule has 0 aliphatic heterocycles. The molecule has 0 aliphatic rings. The van der Waals surface area contributed by atoms with E-state index in [0.29, 0.717) is 17.5 Å². The first-order valence-corrected chi connectivity index (χ1v) is 6.84. The standard InChI is InChI=1S/C12H13F3N4OS/c1-16-11(17-4-8-2-3-20-6-8)18-5-10-19-9(7-21-10)12(13,14)15/h2-3,6-7H,4-5H2,1H3,(H2,16,17,18). The molecule has 0 bridgehead atoms. The molecule has 0 saturated heterocycles. The predicted molar refractivity (Wildman–Crippen MR) is 72.9 cm³/mol. The number of nitrogens with zero attached hydrogens (tertiary/aromatic N) is 2. The molecule has 9 heteroatoms. The topological polar surface area (TPSA) is 62.5 Å². The van der Waals surface area contributed by atoms with Gasteiger partial charge in [-0.2, -0.15) is 13.2 Å². The summed E-state index contributed by atoms with van der Waals surface area (Å²) in [5, 5.41) is 7.25. The number of guanidine groups is 1. The number of thiazole rings is 1. The first kappa shape index (κ1) is 15.4. The van der Waals surface area contributed by atoms with Gasteiger partial charge in [0.05, 0.1) is 19.1 Å². The zero-order chi connectivity index (χ0) is 15.3. The summed E-state index contributed by atoms with van der Waals surface area (Å²) >= 11 is 0.953. The number of nitrogens with one attached hydrogen (secondary N) is 2. The number of furan rings is 1. The van der Waals surface area contributed by atoms with Crippen molar-refractivity contribution in [1.82, 2.24) is 15.6 Å². The maximum Gasteiger partial charge on any atom is 0.434 e. The molecule has 0 unspecified atom stereocenters.